The summed E-state index contributed by atoms with van der Waals surface area (Å²) in [7, 11) is 0. The largest absolute Gasteiger partial charge is 0.492 e. The van der Waals surface area contributed by atoms with E-state index in [1.54, 1.807) is 6.07 Å². The van der Waals surface area contributed by atoms with Crippen LogP contribution in [0.25, 0.3) is 0 Å². The molecule has 6 nitrogen and oxygen atoms in total. The number of amides is 1. The van der Waals surface area contributed by atoms with Crippen molar-refractivity contribution in [3.05, 3.63) is 60.2 Å². The molecule has 0 radical (unpaired) electrons. The lowest BCUT2D eigenvalue weighted by molar-refractivity contribution is -0.145. The van der Waals surface area contributed by atoms with Crippen LogP contribution in [0.5, 0.6) is 5.75 Å². The van der Waals surface area contributed by atoms with Crippen molar-refractivity contribution in [2.75, 3.05) is 18.5 Å². The van der Waals surface area contributed by atoms with E-state index in [1.807, 2.05) is 55.5 Å². The fraction of sp³-hybridized carbons (Fsp3) is 0.318. The van der Waals surface area contributed by atoms with Crippen molar-refractivity contribution < 1.29 is 19.1 Å². The number of ether oxygens (including phenoxy) is 2. The maximum atomic E-state index is 12.0. The number of thiocarbonyl (C=S) groups is 1. The van der Waals surface area contributed by atoms with Crippen molar-refractivity contribution in [2.24, 2.45) is 0 Å². The highest BCUT2D eigenvalue weighted by Crippen LogP contribution is 2.23. The van der Waals surface area contributed by atoms with Crippen molar-refractivity contribution >= 4 is 34.9 Å². The quantitative estimate of drug-likeness (QED) is 0.349. The Morgan fingerprint density at radius 2 is 1.72 bits per heavy atom. The third kappa shape index (κ3) is 8.74. The molecule has 0 atom stereocenters. The van der Waals surface area contributed by atoms with Gasteiger partial charge in [0.1, 0.15) is 5.75 Å². The summed E-state index contributed by atoms with van der Waals surface area (Å²) in [6, 6.07) is 17.3. The summed E-state index contributed by atoms with van der Waals surface area (Å²) in [6.45, 7) is 2.74. The fourth-order valence-electron chi connectivity index (χ4n) is 2.59. The molecule has 0 saturated carbocycles. The summed E-state index contributed by atoms with van der Waals surface area (Å²) in [5.74, 6) is -0.0999. The van der Waals surface area contributed by atoms with Gasteiger partial charge in [-0.2, -0.15) is 0 Å². The molecule has 0 fully saturated rings. The van der Waals surface area contributed by atoms with E-state index < -0.39 is 5.97 Å². The smallest absolute Gasteiger partial charge is 0.306 e. The van der Waals surface area contributed by atoms with Crippen LogP contribution >= 0.6 is 12.2 Å². The van der Waals surface area contributed by atoms with E-state index in [4.69, 9.17) is 21.7 Å². The third-order valence-corrected chi connectivity index (χ3v) is 4.16. The number of anilines is 1. The van der Waals surface area contributed by atoms with Crippen LogP contribution in [0.1, 0.15) is 31.7 Å². The van der Waals surface area contributed by atoms with E-state index in [2.05, 4.69) is 10.6 Å². The standard InChI is InChI=1S/C22H26N2O4S/c1-2-27-19-13-7-6-12-18(19)23-22(29)24-20(25)14-15-21(26)28-16-8-11-17-9-4-3-5-10-17/h3-7,9-10,12-13H,2,8,11,14-16H2,1H3,(H2,23,24,25,29). The van der Waals surface area contributed by atoms with E-state index in [1.165, 1.54) is 5.56 Å². The Balaban J connectivity index is 1.63. The summed E-state index contributed by atoms with van der Waals surface area (Å²) < 4.78 is 10.7. The van der Waals surface area contributed by atoms with Crippen LogP contribution in [0.15, 0.2) is 54.6 Å². The summed E-state index contributed by atoms with van der Waals surface area (Å²) in [4.78, 5) is 23.8. The Morgan fingerprint density at radius 3 is 2.48 bits per heavy atom. The Kier molecular flexibility index (Phi) is 9.65. The first-order valence-electron chi connectivity index (χ1n) is 9.60. The number of rotatable bonds is 10. The Bertz CT molecular complexity index is 811. The van der Waals surface area contributed by atoms with Crippen LogP contribution < -0.4 is 15.4 Å². The highest BCUT2D eigenvalue weighted by Gasteiger charge is 2.11. The van der Waals surface area contributed by atoms with Gasteiger partial charge in [-0.05, 0) is 49.7 Å². The second-order valence-electron chi connectivity index (χ2n) is 6.24. The minimum atomic E-state index is -0.395. The summed E-state index contributed by atoms with van der Waals surface area (Å²) >= 11 is 5.15. The second-order valence-corrected chi connectivity index (χ2v) is 6.65. The van der Waals surface area contributed by atoms with Gasteiger partial charge in [-0.15, -0.1) is 0 Å². The van der Waals surface area contributed by atoms with Crippen molar-refractivity contribution in [3.63, 3.8) is 0 Å². The Labute approximate surface area is 176 Å². The molecular weight excluding hydrogens is 388 g/mol. The minimum Gasteiger partial charge on any atom is -0.492 e. The molecule has 0 unspecified atom stereocenters. The van der Waals surface area contributed by atoms with Gasteiger partial charge >= 0.3 is 5.97 Å². The first kappa shape index (κ1) is 22.4. The molecule has 0 spiro atoms. The molecule has 2 N–H and O–H groups in total. The number of para-hydroxylation sites is 2. The van der Waals surface area contributed by atoms with Crippen molar-refractivity contribution in [1.82, 2.24) is 5.32 Å². The number of carbonyl (C=O) groups excluding carboxylic acids is 2. The van der Waals surface area contributed by atoms with Gasteiger partial charge in [0.15, 0.2) is 5.11 Å². The second kappa shape index (κ2) is 12.5. The molecule has 0 aliphatic heterocycles. The van der Waals surface area contributed by atoms with Gasteiger partial charge in [0.05, 0.1) is 25.3 Å². The molecule has 29 heavy (non-hydrogen) atoms. The zero-order chi connectivity index (χ0) is 20.9. The van der Waals surface area contributed by atoms with Crippen LogP contribution in [-0.2, 0) is 20.7 Å². The maximum Gasteiger partial charge on any atom is 0.306 e. The van der Waals surface area contributed by atoms with Crippen molar-refractivity contribution in [3.8, 4) is 5.75 Å². The molecule has 0 heterocycles. The lowest BCUT2D eigenvalue weighted by Gasteiger charge is -2.13. The van der Waals surface area contributed by atoms with Crippen molar-refractivity contribution in [2.45, 2.75) is 32.6 Å². The zero-order valence-electron chi connectivity index (χ0n) is 16.5. The molecular formula is C22H26N2O4S. The van der Waals surface area contributed by atoms with Gasteiger partial charge < -0.3 is 20.1 Å². The van der Waals surface area contributed by atoms with Crippen LogP contribution in [0, 0.1) is 0 Å². The van der Waals surface area contributed by atoms with Gasteiger partial charge in [-0.3, -0.25) is 9.59 Å². The molecule has 0 saturated heterocycles. The Hall–Kier alpha value is -2.93. The predicted molar refractivity (Wildman–Crippen MR) is 117 cm³/mol. The molecule has 0 bridgehead atoms. The molecule has 1 amide bonds. The zero-order valence-corrected chi connectivity index (χ0v) is 17.3. The minimum absolute atomic E-state index is 0.00639. The highest BCUT2D eigenvalue weighted by molar-refractivity contribution is 7.80. The summed E-state index contributed by atoms with van der Waals surface area (Å²) in [6.07, 6.45) is 1.61. The lowest BCUT2D eigenvalue weighted by atomic mass is 10.1. The van der Waals surface area contributed by atoms with Gasteiger partial charge in [0, 0.05) is 6.42 Å². The molecule has 2 aromatic carbocycles. The van der Waals surface area contributed by atoms with Gasteiger partial charge in [0.2, 0.25) is 5.91 Å². The highest BCUT2D eigenvalue weighted by atomic mass is 32.1. The number of hydrogen-bond acceptors (Lipinski definition) is 5. The average molecular weight is 415 g/mol. The SMILES string of the molecule is CCOc1ccccc1NC(=S)NC(=O)CCC(=O)OCCCc1ccccc1. The average Bonchev–Trinajstić information content (AvgIpc) is 2.72. The molecule has 154 valence electrons. The molecule has 0 aliphatic carbocycles. The molecule has 0 aliphatic rings. The van der Waals surface area contributed by atoms with Gasteiger partial charge in [-0.25, -0.2) is 0 Å². The number of hydrogen-bond donors (Lipinski definition) is 2. The number of carbonyl (C=O) groups is 2. The molecule has 2 rings (SSSR count). The number of aryl methyl sites for hydroxylation is 1. The first-order chi connectivity index (χ1) is 14.1. The van der Waals surface area contributed by atoms with E-state index in [9.17, 15) is 9.59 Å². The molecule has 0 aromatic heterocycles. The fourth-order valence-corrected chi connectivity index (χ4v) is 2.81. The summed E-state index contributed by atoms with van der Waals surface area (Å²) in [5.41, 5.74) is 1.87. The van der Waals surface area contributed by atoms with Gasteiger partial charge in [-0.1, -0.05) is 42.5 Å². The van der Waals surface area contributed by atoms with E-state index in [0.717, 1.165) is 12.8 Å². The van der Waals surface area contributed by atoms with Crippen LogP contribution in [-0.4, -0.2) is 30.2 Å². The number of benzene rings is 2. The van der Waals surface area contributed by atoms with Crippen molar-refractivity contribution in [1.29, 1.82) is 0 Å². The number of nitrogens with one attached hydrogen (secondary N) is 2. The van der Waals surface area contributed by atoms with Crippen LogP contribution in [0.2, 0.25) is 0 Å². The molecule has 7 heteroatoms. The Morgan fingerprint density at radius 1 is 1.00 bits per heavy atom. The molecule has 2 aromatic rings. The monoisotopic (exact) mass is 414 g/mol. The van der Waals surface area contributed by atoms with Crippen LogP contribution in [0.4, 0.5) is 5.69 Å². The lowest BCUT2D eigenvalue weighted by Crippen LogP contribution is -2.34. The summed E-state index contributed by atoms with van der Waals surface area (Å²) in [5, 5.41) is 5.64. The van der Waals surface area contributed by atoms with E-state index in [0.29, 0.717) is 24.7 Å². The third-order valence-electron chi connectivity index (χ3n) is 3.96. The van der Waals surface area contributed by atoms with E-state index in [-0.39, 0.29) is 23.9 Å². The normalized spacial score (nSPS) is 10.1. The first-order valence-corrected chi connectivity index (χ1v) is 10.0. The van der Waals surface area contributed by atoms with Crippen LogP contribution in [0.3, 0.4) is 0 Å². The topological polar surface area (TPSA) is 76.7 Å². The number of esters is 1. The van der Waals surface area contributed by atoms with E-state index >= 15 is 0 Å². The van der Waals surface area contributed by atoms with Gasteiger partial charge in [0.25, 0.3) is 0 Å². The predicted octanol–water partition coefficient (Wildman–Crippen LogP) is 3.85. The maximum absolute atomic E-state index is 12.0.